The van der Waals surface area contributed by atoms with Crippen molar-refractivity contribution in [3.63, 3.8) is 0 Å². The number of anilines is 2. The summed E-state index contributed by atoms with van der Waals surface area (Å²) in [7, 11) is 3.02. The van der Waals surface area contributed by atoms with Crippen molar-refractivity contribution in [3.05, 3.63) is 83.9 Å². The number of hydrogen-bond donors (Lipinski definition) is 1. The Balaban J connectivity index is 1.66. The number of methoxy groups -OCH3 is 2. The number of para-hydroxylation sites is 1. The Kier molecular flexibility index (Phi) is 8.29. The number of ether oxygens (including phenoxy) is 2. The van der Waals surface area contributed by atoms with E-state index in [1.54, 1.807) is 42.5 Å². The van der Waals surface area contributed by atoms with Crippen molar-refractivity contribution >= 4 is 34.9 Å². The number of carbonyl (C=O) groups excluding carboxylic acids is 4. The number of amides is 3. The first kappa shape index (κ1) is 27.4. The molecular weight excluding hydrogens is 498 g/mol. The second-order valence-corrected chi connectivity index (χ2v) is 9.49. The van der Waals surface area contributed by atoms with Crippen LogP contribution in [0.3, 0.4) is 0 Å². The summed E-state index contributed by atoms with van der Waals surface area (Å²) in [4.78, 5) is 55.5. The fourth-order valence-electron chi connectivity index (χ4n) is 4.67. The smallest absolute Gasteiger partial charge is 0.299 e. The van der Waals surface area contributed by atoms with Crippen molar-refractivity contribution < 1.29 is 28.7 Å². The lowest BCUT2D eigenvalue weighted by atomic mass is 10.00. The van der Waals surface area contributed by atoms with Crippen LogP contribution in [-0.2, 0) is 20.9 Å². The predicted octanol–water partition coefficient (Wildman–Crippen LogP) is 3.93. The number of hydrogen-bond acceptors (Lipinski definition) is 6. The van der Waals surface area contributed by atoms with E-state index in [-0.39, 0.29) is 24.6 Å². The monoisotopic (exact) mass is 529 g/mol. The van der Waals surface area contributed by atoms with E-state index in [0.29, 0.717) is 22.9 Å². The van der Waals surface area contributed by atoms with E-state index < -0.39 is 29.5 Å². The molecule has 1 N–H and O–H groups in total. The Morgan fingerprint density at radius 3 is 2.28 bits per heavy atom. The van der Waals surface area contributed by atoms with Crippen molar-refractivity contribution in [1.82, 2.24) is 4.90 Å². The van der Waals surface area contributed by atoms with Gasteiger partial charge >= 0.3 is 0 Å². The first-order chi connectivity index (χ1) is 18.7. The highest BCUT2D eigenvalue weighted by atomic mass is 16.5. The van der Waals surface area contributed by atoms with Gasteiger partial charge in [-0.25, -0.2) is 0 Å². The van der Waals surface area contributed by atoms with Crippen molar-refractivity contribution in [2.24, 2.45) is 5.92 Å². The first-order valence-corrected chi connectivity index (χ1v) is 12.6. The zero-order valence-electron chi connectivity index (χ0n) is 22.3. The molecule has 1 aliphatic rings. The second-order valence-electron chi connectivity index (χ2n) is 9.49. The lowest BCUT2D eigenvalue weighted by Gasteiger charge is -2.35. The lowest BCUT2D eigenvalue weighted by Crippen LogP contribution is -2.53. The fraction of sp³-hybridized carbons (Fsp3) is 0.267. The van der Waals surface area contributed by atoms with Crippen LogP contribution in [0.25, 0.3) is 0 Å². The summed E-state index contributed by atoms with van der Waals surface area (Å²) in [6, 6.07) is 20.0. The molecule has 0 fully saturated rings. The SMILES string of the molecule is COc1ccc(NC(=O)C(C(C)C)N(Cc2ccccc2)C(=O)CN2C(=O)C(=O)c3ccccc32)c(OC)c1. The molecule has 0 saturated heterocycles. The maximum atomic E-state index is 13.9. The van der Waals surface area contributed by atoms with Gasteiger partial charge in [0.05, 0.1) is 31.2 Å². The summed E-state index contributed by atoms with van der Waals surface area (Å²) >= 11 is 0. The van der Waals surface area contributed by atoms with Gasteiger partial charge in [0.15, 0.2) is 0 Å². The predicted molar refractivity (Wildman–Crippen MR) is 147 cm³/mol. The minimum Gasteiger partial charge on any atom is -0.497 e. The molecule has 202 valence electrons. The third-order valence-electron chi connectivity index (χ3n) is 6.59. The molecule has 0 bridgehead atoms. The van der Waals surface area contributed by atoms with Crippen LogP contribution in [0.1, 0.15) is 29.8 Å². The molecule has 0 aliphatic carbocycles. The van der Waals surface area contributed by atoms with Crippen LogP contribution in [0, 0.1) is 5.92 Å². The van der Waals surface area contributed by atoms with Crippen LogP contribution in [0.15, 0.2) is 72.8 Å². The van der Waals surface area contributed by atoms with Crippen molar-refractivity contribution in [2.75, 3.05) is 31.0 Å². The highest BCUT2D eigenvalue weighted by Gasteiger charge is 2.39. The van der Waals surface area contributed by atoms with E-state index in [4.69, 9.17) is 9.47 Å². The Morgan fingerprint density at radius 2 is 1.62 bits per heavy atom. The van der Waals surface area contributed by atoms with Gasteiger partial charge in [-0.2, -0.15) is 0 Å². The molecule has 9 nitrogen and oxygen atoms in total. The molecule has 0 saturated carbocycles. The van der Waals surface area contributed by atoms with Crippen LogP contribution < -0.4 is 19.7 Å². The van der Waals surface area contributed by atoms with Gasteiger partial charge in [-0.1, -0.05) is 56.3 Å². The number of nitrogens with one attached hydrogen (secondary N) is 1. The minimum absolute atomic E-state index is 0.132. The van der Waals surface area contributed by atoms with E-state index in [1.807, 2.05) is 44.2 Å². The molecule has 3 aromatic carbocycles. The topological polar surface area (TPSA) is 105 Å². The molecule has 9 heteroatoms. The number of benzene rings is 3. The summed E-state index contributed by atoms with van der Waals surface area (Å²) in [6.45, 7) is 3.45. The van der Waals surface area contributed by atoms with E-state index in [0.717, 1.165) is 5.56 Å². The number of Topliss-reactive ketones (excluding diaryl/α,β-unsaturated/α-hetero) is 1. The van der Waals surface area contributed by atoms with Gasteiger partial charge in [-0.3, -0.25) is 24.1 Å². The normalized spacial score (nSPS) is 13.2. The largest absolute Gasteiger partial charge is 0.497 e. The van der Waals surface area contributed by atoms with Crippen LogP contribution in [0.5, 0.6) is 11.5 Å². The van der Waals surface area contributed by atoms with Crippen LogP contribution in [0.2, 0.25) is 0 Å². The standard InChI is InChI=1S/C30H31N3O6/c1-19(2)27(29(36)31-23-15-14-21(38-3)16-25(23)39-4)33(17-20-10-6-5-7-11-20)26(34)18-32-24-13-9-8-12-22(24)28(35)30(32)37/h5-16,19,27H,17-18H2,1-4H3,(H,31,36). The van der Waals surface area contributed by atoms with Crippen LogP contribution >= 0.6 is 0 Å². The van der Waals surface area contributed by atoms with Gasteiger partial charge in [-0.15, -0.1) is 0 Å². The molecular formula is C30H31N3O6. The molecule has 3 aromatic rings. The van der Waals surface area contributed by atoms with Crippen molar-refractivity contribution in [2.45, 2.75) is 26.4 Å². The van der Waals surface area contributed by atoms with Crippen molar-refractivity contribution in [3.8, 4) is 11.5 Å². The molecule has 0 radical (unpaired) electrons. The van der Waals surface area contributed by atoms with Gasteiger partial charge in [0, 0.05) is 12.6 Å². The van der Waals surface area contributed by atoms with Gasteiger partial charge in [0.1, 0.15) is 24.1 Å². The third kappa shape index (κ3) is 5.77. The van der Waals surface area contributed by atoms with Gasteiger partial charge in [-0.05, 0) is 35.7 Å². The lowest BCUT2D eigenvalue weighted by molar-refractivity contribution is -0.140. The number of ketones is 1. The maximum Gasteiger partial charge on any atom is 0.299 e. The van der Waals surface area contributed by atoms with Crippen LogP contribution in [-0.4, -0.2) is 55.2 Å². The Bertz CT molecular complexity index is 1390. The molecule has 0 aromatic heterocycles. The molecule has 0 spiro atoms. The van der Waals surface area contributed by atoms with E-state index in [1.165, 1.54) is 24.0 Å². The summed E-state index contributed by atoms with van der Waals surface area (Å²) < 4.78 is 10.7. The van der Waals surface area contributed by atoms with Gasteiger partial charge < -0.3 is 19.7 Å². The van der Waals surface area contributed by atoms with Crippen LogP contribution in [0.4, 0.5) is 11.4 Å². The van der Waals surface area contributed by atoms with E-state index in [2.05, 4.69) is 5.32 Å². The quantitative estimate of drug-likeness (QED) is 0.399. The Hall–Kier alpha value is -4.66. The third-order valence-corrected chi connectivity index (χ3v) is 6.59. The summed E-state index contributed by atoms with van der Waals surface area (Å²) in [5.41, 5.74) is 1.88. The first-order valence-electron chi connectivity index (χ1n) is 12.6. The highest BCUT2D eigenvalue weighted by molar-refractivity contribution is 6.52. The molecule has 1 unspecified atom stereocenters. The minimum atomic E-state index is -0.895. The highest BCUT2D eigenvalue weighted by Crippen LogP contribution is 2.31. The van der Waals surface area contributed by atoms with Crippen molar-refractivity contribution in [1.29, 1.82) is 0 Å². The molecule has 1 aliphatic heterocycles. The molecule has 4 rings (SSSR count). The number of nitrogens with zero attached hydrogens (tertiary/aromatic N) is 2. The molecule has 1 atom stereocenters. The zero-order chi connectivity index (χ0) is 28.1. The zero-order valence-corrected chi connectivity index (χ0v) is 22.3. The second kappa shape index (κ2) is 11.8. The van der Waals surface area contributed by atoms with E-state index in [9.17, 15) is 19.2 Å². The van der Waals surface area contributed by atoms with E-state index >= 15 is 0 Å². The number of carbonyl (C=O) groups is 4. The number of rotatable bonds is 10. The molecule has 1 heterocycles. The molecule has 3 amide bonds. The maximum absolute atomic E-state index is 13.9. The average molecular weight is 530 g/mol. The summed E-state index contributed by atoms with van der Waals surface area (Å²) in [5, 5.41) is 2.89. The van der Waals surface area contributed by atoms with Gasteiger partial charge in [0.2, 0.25) is 11.8 Å². The number of fused-ring (bicyclic) bond motifs is 1. The van der Waals surface area contributed by atoms with Gasteiger partial charge in [0.25, 0.3) is 11.7 Å². The summed E-state index contributed by atoms with van der Waals surface area (Å²) in [5.74, 6) is -1.62. The Morgan fingerprint density at radius 1 is 0.923 bits per heavy atom. The molecule has 39 heavy (non-hydrogen) atoms. The fourth-order valence-corrected chi connectivity index (χ4v) is 4.67. The Labute approximate surface area is 227 Å². The average Bonchev–Trinajstić information content (AvgIpc) is 3.18. The summed E-state index contributed by atoms with van der Waals surface area (Å²) in [6.07, 6.45) is 0.